The molecule has 0 atom stereocenters. The van der Waals surface area contributed by atoms with Crippen LogP contribution in [-0.4, -0.2) is 32.6 Å². The monoisotopic (exact) mass is 366 g/mol. The van der Waals surface area contributed by atoms with E-state index in [4.69, 9.17) is 4.74 Å². The Balaban J connectivity index is 2.26. The van der Waals surface area contributed by atoms with E-state index in [1.54, 1.807) is 6.07 Å². The van der Waals surface area contributed by atoms with E-state index in [-0.39, 0.29) is 11.7 Å². The van der Waals surface area contributed by atoms with Gasteiger partial charge in [-0.2, -0.15) is 0 Å². The van der Waals surface area contributed by atoms with Gasteiger partial charge in [0.15, 0.2) is 0 Å². The van der Waals surface area contributed by atoms with Crippen molar-refractivity contribution in [3.05, 3.63) is 36.4 Å². The quantitative estimate of drug-likeness (QED) is 0.752. The lowest BCUT2D eigenvalue weighted by molar-refractivity contribution is -0.111. The van der Waals surface area contributed by atoms with Crippen molar-refractivity contribution in [1.82, 2.24) is 4.72 Å². The number of benzene rings is 1. The molecule has 0 radical (unpaired) electrons. The van der Waals surface area contributed by atoms with Crippen molar-refractivity contribution in [2.45, 2.75) is 38.2 Å². The second kappa shape index (κ2) is 8.15. The van der Waals surface area contributed by atoms with E-state index in [9.17, 15) is 18.0 Å². The molecule has 1 aliphatic rings. The predicted molar refractivity (Wildman–Crippen MR) is 95.1 cm³/mol. The van der Waals surface area contributed by atoms with Gasteiger partial charge >= 0.3 is 0 Å². The van der Waals surface area contributed by atoms with Gasteiger partial charge in [-0.3, -0.25) is 9.59 Å². The Labute approximate surface area is 147 Å². The molecule has 1 aromatic rings. The zero-order valence-electron chi connectivity index (χ0n) is 14.1. The van der Waals surface area contributed by atoms with Crippen LogP contribution in [0.2, 0.25) is 0 Å². The number of hydrogen-bond donors (Lipinski definition) is 2. The van der Waals surface area contributed by atoms with Crippen molar-refractivity contribution in [1.29, 1.82) is 0 Å². The van der Waals surface area contributed by atoms with E-state index in [1.165, 1.54) is 18.6 Å². The minimum absolute atomic E-state index is 0.0591. The second-order valence-electron chi connectivity index (χ2n) is 5.99. The lowest BCUT2D eigenvalue weighted by Crippen LogP contribution is -2.29. The fourth-order valence-electron chi connectivity index (χ4n) is 2.65. The minimum Gasteiger partial charge on any atom is -0.488 e. The molecule has 2 amide bonds. The number of carbonyl (C=O) groups is 2. The molecule has 0 unspecified atom stereocenters. The van der Waals surface area contributed by atoms with E-state index in [0.717, 1.165) is 38.0 Å². The fourth-order valence-corrected chi connectivity index (χ4v) is 3.10. The first-order chi connectivity index (χ1) is 11.8. The SMILES string of the molecule is C=CC(=O)Nc1cc(C(=O)NS(C)(=O)=O)ccc1OC1CCCCC1. The Hall–Kier alpha value is -2.35. The average Bonchev–Trinajstić information content (AvgIpc) is 2.55. The number of hydrogen-bond acceptors (Lipinski definition) is 5. The number of nitrogens with one attached hydrogen (secondary N) is 2. The molecule has 25 heavy (non-hydrogen) atoms. The first kappa shape index (κ1) is 19.0. The van der Waals surface area contributed by atoms with E-state index < -0.39 is 21.8 Å². The maximum Gasteiger partial charge on any atom is 0.264 e. The summed E-state index contributed by atoms with van der Waals surface area (Å²) < 4.78 is 30.3. The first-order valence-electron chi connectivity index (χ1n) is 8.05. The smallest absolute Gasteiger partial charge is 0.264 e. The fraction of sp³-hybridized carbons (Fsp3) is 0.412. The highest BCUT2D eigenvalue weighted by Crippen LogP contribution is 2.30. The summed E-state index contributed by atoms with van der Waals surface area (Å²) in [4.78, 5) is 23.7. The van der Waals surface area contributed by atoms with E-state index in [0.29, 0.717) is 11.4 Å². The average molecular weight is 366 g/mol. The number of sulfonamides is 1. The maximum absolute atomic E-state index is 12.0. The summed E-state index contributed by atoms with van der Waals surface area (Å²) in [5.74, 6) is -0.784. The van der Waals surface area contributed by atoms with E-state index in [1.807, 2.05) is 4.72 Å². The lowest BCUT2D eigenvalue weighted by Gasteiger charge is -2.24. The van der Waals surface area contributed by atoms with Crippen LogP contribution >= 0.6 is 0 Å². The van der Waals surface area contributed by atoms with Crippen LogP contribution < -0.4 is 14.8 Å². The number of carbonyl (C=O) groups excluding carboxylic acids is 2. The van der Waals surface area contributed by atoms with Gasteiger partial charge in [0.1, 0.15) is 5.75 Å². The number of rotatable bonds is 6. The Morgan fingerprint density at radius 3 is 2.52 bits per heavy atom. The maximum atomic E-state index is 12.0. The van der Waals surface area contributed by atoms with Crippen molar-refractivity contribution >= 4 is 27.5 Å². The standard InChI is InChI=1S/C17H22N2O5S/c1-3-16(20)18-14-11-12(17(21)19-25(2,22)23)9-10-15(14)24-13-7-5-4-6-8-13/h3,9-11,13H,1,4-8H2,2H3,(H,18,20)(H,19,21). The highest BCUT2D eigenvalue weighted by Gasteiger charge is 2.19. The topological polar surface area (TPSA) is 102 Å². The molecule has 1 fully saturated rings. The molecule has 8 heteroatoms. The molecule has 0 bridgehead atoms. The normalized spacial score (nSPS) is 15.2. The highest BCUT2D eigenvalue weighted by molar-refractivity contribution is 7.89. The van der Waals surface area contributed by atoms with Gasteiger partial charge in [-0.25, -0.2) is 13.1 Å². The van der Waals surface area contributed by atoms with Crippen molar-refractivity contribution in [3.63, 3.8) is 0 Å². The molecule has 0 spiro atoms. The van der Waals surface area contributed by atoms with Crippen LogP contribution in [0.15, 0.2) is 30.9 Å². The van der Waals surface area contributed by atoms with Crippen molar-refractivity contribution in [3.8, 4) is 5.75 Å². The Bertz CT molecular complexity index is 767. The van der Waals surface area contributed by atoms with Gasteiger partial charge in [-0.05, 0) is 50.0 Å². The van der Waals surface area contributed by atoms with E-state index in [2.05, 4.69) is 11.9 Å². The third-order valence-corrected chi connectivity index (χ3v) is 4.37. The largest absolute Gasteiger partial charge is 0.488 e. The molecule has 2 N–H and O–H groups in total. The van der Waals surface area contributed by atoms with Crippen LogP contribution in [0.25, 0.3) is 0 Å². The third-order valence-electron chi connectivity index (χ3n) is 3.81. The zero-order valence-corrected chi connectivity index (χ0v) is 14.9. The predicted octanol–water partition coefficient (Wildman–Crippen LogP) is 2.21. The van der Waals surface area contributed by atoms with Gasteiger partial charge in [-0.15, -0.1) is 0 Å². The van der Waals surface area contributed by atoms with Gasteiger partial charge < -0.3 is 10.1 Å². The van der Waals surface area contributed by atoms with Gasteiger partial charge in [0.2, 0.25) is 15.9 Å². The summed E-state index contributed by atoms with van der Waals surface area (Å²) in [6, 6.07) is 4.41. The third kappa shape index (κ3) is 5.90. The first-order valence-corrected chi connectivity index (χ1v) is 9.94. The molecule has 1 aromatic carbocycles. The molecule has 0 heterocycles. The second-order valence-corrected chi connectivity index (χ2v) is 7.73. The van der Waals surface area contributed by atoms with Crippen molar-refractivity contribution in [2.24, 2.45) is 0 Å². The molecule has 2 rings (SSSR count). The summed E-state index contributed by atoms with van der Waals surface area (Å²) in [5, 5.41) is 2.60. The molecule has 0 saturated heterocycles. The molecule has 0 aromatic heterocycles. The van der Waals surface area contributed by atoms with Gasteiger partial charge in [0.25, 0.3) is 5.91 Å². The Morgan fingerprint density at radius 1 is 1.24 bits per heavy atom. The Morgan fingerprint density at radius 2 is 1.92 bits per heavy atom. The molecule has 7 nitrogen and oxygen atoms in total. The summed E-state index contributed by atoms with van der Waals surface area (Å²) in [6.45, 7) is 3.40. The van der Waals surface area contributed by atoms with E-state index >= 15 is 0 Å². The lowest BCUT2D eigenvalue weighted by atomic mass is 9.98. The number of anilines is 1. The van der Waals surface area contributed by atoms with Crippen LogP contribution in [-0.2, 0) is 14.8 Å². The summed E-state index contributed by atoms with van der Waals surface area (Å²) in [6.07, 6.45) is 7.30. The van der Waals surface area contributed by atoms with Gasteiger partial charge in [0.05, 0.1) is 18.0 Å². The molecular weight excluding hydrogens is 344 g/mol. The van der Waals surface area contributed by atoms with Crippen molar-refractivity contribution < 1.29 is 22.7 Å². The minimum atomic E-state index is -3.68. The summed E-state index contributed by atoms with van der Waals surface area (Å²) >= 11 is 0. The summed E-state index contributed by atoms with van der Waals surface area (Å²) in [5.41, 5.74) is 0.400. The Kier molecular flexibility index (Phi) is 6.19. The van der Waals surface area contributed by atoms with Crippen LogP contribution in [0.5, 0.6) is 5.75 Å². The molecule has 136 valence electrons. The molecular formula is C17H22N2O5S. The highest BCUT2D eigenvalue weighted by atomic mass is 32.2. The van der Waals surface area contributed by atoms with Gasteiger partial charge in [-0.1, -0.05) is 13.0 Å². The van der Waals surface area contributed by atoms with Crippen LogP contribution in [0.1, 0.15) is 42.5 Å². The molecule has 0 aliphatic heterocycles. The van der Waals surface area contributed by atoms with Crippen LogP contribution in [0.4, 0.5) is 5.69 Å². The van der Waals surface area contributed by atoms with Crippen molar-refractivity contribution in [2.75, 3.05) is 11.6 Å². The van der Waals surface area contributed by atoms with Crippen LogP contribution in [0.3, 0.4) is 0 Å². The zero-order chi connectivity index (χ0) is 18.4. The number of ether oxygens (including phenoxy) is 1. The van der Waals surface area contributed by atoms with Gasteiger partial charge in [0, 0.05) is 5.56 Å². The number of amides is 2. The summed E-state index contributed by atoms with van der Waals surface area (Å²) in [7, 11) is -3.68. The molecule has 1 aliphatic carbocycles. The molecule has 1 saturated carbocycles. The van der Waals surface area contributed by atoms with Crippen LogP contribution in [0, 0.1) is 0 Å².